The van der Waals surface area contributed by atoms with E-state index in [4.69, 9.17) is 0 Å². The highest BCUT2D eigenvalue weighted by Crippen LogP contribution is 2.60. The van der Waals surface area contributed by atoms with Gasteiger partial charge >= 0.3 is 0 Å². The molecule has 0 atom stereocenters. The molecule has 0 amide bonds. The molecular formula is C53H35N. The van der Waals surface area contributed by atoms with Gasteiger partial charge in [-0.3, -0.25) is 0 Å². The summed E-state index contributed by atoms with van der Waals surface area (Å²) in [6.07, 6.45) is 0. The van der Waals surface area contributed by atoms with Crippen LogP contribution in [0.3, 0.4) is 0 Å². The van der Waals surface area contributed by atoms with Crippen molar-refractivity contribution in [1.82, 2.24) is 0 Å². The Hall–Kier alpha value is -6.96. The van der Waals surface area contributed by atoms with Gasteiger partial charge in [0.2, 0.25) is 0 Å². The van der Waals surface area contributed by atoms with Crippen LogP contribution in [-0.2, 0) is 5.41 Å². The quantitative estimate of drug-likeness (QED) is 0.163. The van der Waals surface area contributed by atoms with Crippen LogP contribution in [0.1, 0.15) is 22.3 Å². The minimum Gasteiger partial charge on any atom is -0.309 e. The Balaban J connectivity index is 1.29. The van der Waals surface area contributed by atoms with Crippen LogP contribution in [0.4, 0.5) is 17.1 Å². The summed E-state index contributed by atoms with van der Waals surface area (Å²) in [6, 6.07) is 78.4. The van der Waals surface area contributed by atoms with E-state index >= 15 is 0 Å². The standard InChI is InChI=1S/C53H35N/c1-4-19-39(20-5-1)53(40-21-6-2-7-22-40)46-28-15-14-27-44(46)52-47(53)29-16-30-48(52)54(41-23-8-3-9-24-41)49-35-38-18-11-13-26-43(38)51-45(49)34-33-37-32-31-36-17-10-12-25-42(36)50(37)51/h1-35H. The second-order valence-electron chi connectivity index (χ2n) is 14.4. The molecule has 0 unspecified atom stereocenters. The Morgan fingerprint density at radius 1 is 0.333 bits per heavy atom. The zero-order chi connectivity index (χ0) is 35.6. The summed E-state index contributed by atoms with van der Waals surface area (Å²) in [5.41, 5.74) is 10.6. The first-order valence-corrected chi connectivity index (χ1v) is 18.8. The topological polar surface area (TPSA) is 3.24 Å². The van der Waals surface area contributed by atoms with E-state index in [-0.39, 0.29) is 0 Å². The maximum absolute atomic E-state index is 2.52. The number of anilines is 3. The van der Waals surface area contributed by atoms with Crippen LogP contribution in [0, 0.1) is 0 Å². The van der Waals surface area contributed by atoms with Crippen LogP contribution in [0.15, 0.2) is 212 Å². The first-order valence-electron chi connectivity index (χ1n) is 18.8. The van der Waals surface area contributed by atoms with Crippen LogP contribution in [0.5, 0.6) is 0 Å². The van der Waals surface area contributed by atoms with Crippen molar-refractivity contribution in [2.75, 3.05) is 4.90 Å². The number of hydrogen-bond donors (Lipinski definition) is 0. The monoisotopic (exact) mass is 685 g/mol. The normalized spacial score (nSPS) is 13.0. The average Bonchev–Trinajstić information content (AvgIpc) is 3.56. The van der Waals surface area contributed by atoms with Gasteiger partial charge in [0, 0.05) is 22.0 Å². The highest BCUT2D eigenvalue weighted by molar-refractivity contribution is 6.30. The molecule has 10 aromatic rings. The third-order valence-electron chi connectivity index (χ3n) is 11.7. The molecule has 10 aromatic carbocycles. The fourth-order valence-corrected chi connectivity index (χ4v) is 9.50. The molecule has 0 fully saturated rings. The molecule has 1 aliphatic rings. The number of hydrogen-bond acceptors (Lipinski definition) is 1. The molecule has 0 heterocycles. The molecule has 0 radical (unpaired) electrons. The van der Waals surface area contributed by atoms with Gasteiger partial charge in [0.1, 0.15) is 0 Å². The van der Waals surface area contributed by atoms with Crippen molar-refractivity contribution in [1.29, 1.82) is 0 Å². The van der Waals surface area contributed by atoms with Gasteiger partial charge in [0.05, 0.1) is 16.8 Å². The molecule has 0 saturated carbocycles. The van der Waals surface area contributed by atoms with Crippen LogP contribution < -0.4 is 4.90 Å². The smallest absolute Gasteiger partial charge is 0.0714 e. The van der Waals surface area contributed by atoms with Crippen molar-refractivity contribution in [2.24, 2.45) is 0 Å². The van der Waals surface area contributed by atoms with Gasteiger partial charge < -0.3 is 4.90 Å². The summed E-state index contributed by atoms with van der Waals surface area (Å²) in [5, 5.41) is 10.1. The zero-order valence-corrected chi connectivity index (χ0v) is 29.7. The van der Waals surface area contributed by atoms with E-state index in [0.717, 1.165) is 17.1 Å². The Kier molecular flexibility index (Phi) is 6.84. The third-order valence-corrected chi connectivity index (χ3v) is 11.7. The number of benzene rings is 10. The van der Waals surface area contributed by atoms with Gasteiger partial charge in [-0.05, 0) is 84.4 Å². The summed E-state index contributed by atoms with van der Waals surface area (Å²) in [7, 11) is 0. The molecule has 0 bridgehead atoms. The summed E-state index contributed by atoms with van der Waals surface area (Å²) in [5.74, 6) is 0. The summed E-state index contributed by atoms with van der Waals surface area (Å²) >= 11 is 0. The molecule has 0 saturated heterocycles. The van der Waals surface area contributed by atoms with Crippen molar-refractivity contribution < 1.29 is 0 Å². The van der Waals surface area contributed by atoms with Crippen LogP contribution in [0.25, 0.3) is 54.2 Å². The second kappa shape index (κ2) is 12.0. The minimum absolute atomic E-state index is 0.493. The largest absolute Gasteiger partial charge is 0.309 e. The number of rotatable bonds is 5. The molecule has 1 nitrogen and oxygen atoms in total. The second-order valence-corrected chi connectivity index (χ2v) is 14.4. The molecule has 1 aliphatic carbocycles. The lowest BCUT2D eigenvalue weighted by Crippen LogP contribution is -2.28. The van der Waals surface area contributed by atoms with E-state index in [9.17, 15) is 0 Å². The van der Waals surface area contributed by atoms with Gasteiger partial charge in [-0.2, -0.15) is 0 Å². The van der Waals surface area contributed by atoms with Crippen molar-refractivity contribution in [3.63, 3.8) is 0 Å². The maximum atomic E-state index is 2.52. The van der Waals surface area contributed by atoms with Crippen molar-refractivity contribution in [3.05, 3.63) is 235 Å². The van der Waals surface area contributed by atoms with Crippen LogP contribution in [0.2, 0.25) is 0 Å². The number of para-hydroxylation sites is 1. The predicted molar refractivity (Wildman–Crippen MR) is 228 cm³/mol. The summed E-state index contributed by atoms with van der Waals surface area (Å²) in [6.45, 7) is 0. The van der Waals surface area contributed by atoms with E-state index in [1.165, 1.54) is 76.5 Å². The Morgan fingerprint density at radius 3 is 1.63 bits per heavy atom. The Bertz CT molecular complexity index is 3000. The van der Waals surface area contributed by atoms with Crippen LogP contribution in [-0.4, -0.2) is 0 Å². The fourth-order valence-electron chi connectivity index (χ4n) is 9.50. The molecular weight excluding hydrogens is 651 g/mol. The first kappa shape index (κ1) is 30.6. The van der Waals surface area contributed by atoms with E-state index in [2.05, 4.69) is 217 Å². The highest BCUT2D eigenvalue weighted by atomic mass is 15.1. The molecule has 54 heavy (non-hydrogen) atoms. The van der Waals surface area contributed by atoms with Gasteiger partial charge in [-0.1, -0.05) is 188 Å². The molecule has 0 N–H and O–H groups in total. The highest BCUT2D eigenvalue weighted by Gasteiger charge is 2.47. The van der Waals surface area contributed by atoms with Crippen LogP contribution >= 0.6 is 0 Å². The van der Waals surface area contributed by atoms with Gasteiger partial charge in [-0.15, -0.1) is 0 Å². The maximum Gasteiger partial charge on any atom is 0.0714 e. The summed E-state index contributed by atoms with van der Waals surface area (Å²) < 4.78 is 0. The molecule has 252 valence electrons. The lowest BCUT2D eigenvalue weighted by atomic mass is 9.68. The first-order chi connectivity index (χ1) is 26.8. The Morgan fingerprint density at radius 2 is 0.889 bits per heavy atom. The predicted octanol–water partition coefficient (Wildman–Crippen LogP) is 14.1. The summed E-state index contributed by atoms with van der Waals surface area (Å²) in [4.78, 5) is 2.52. The van der Waals surface area contributed by atoms with Gasteiger partial charge in [-0.25, -0.2) is 0 Å². The average molecular weight is 686 g/mol. The Labute approximate surface area is 315 Å². The molecule has 11 rings (SSSR count). The lowest BCUT2D eigenvalue weighted by molar-refractivity contribution is 0.768. The van der Waals surface area contributed by atoms with E-state index in [0.29, 0.717) is 0 Å². The number of nitrogens with zero attached hydrogens (tertiary/aromatic N) is 1. The van der Waals surface area contributed by atoms with E-state index in [1.807, 2.05) is 0 Å². The molecule has 0 aromatic heterocycles. The molecule has 1 heteroatoms. The SMILES string of the molecule is c1ccc(N(c2cccc3c2-c2ccccc2C3(c2ccccc2)c2ccccc2)c2cc3ccccc3c3c2ccc2ccc4ccccc4c23)cc1. The fraction of sp³-hybridized carbons (Fsp3) is 0.0189. The molecule has 0 aliphatic heterocycles. The van der Waals surface area contributed by atoms with Crippen molar-refractivity contribution in [3.8, 4) is 11.1 Å². The van der Waals surface area contributed by atoms with Crippen molar-refractivity contribution in [2.45, 2.75) is 5.41 Å². The van der Waals surface area contributed by atoms with E-state index < -0.39 is 5.41 Å². The van der Waals surface area contributed by atoms with E-state index in [1.54, 1.807) is 0 Å². The lowest BCUT2D eigenvalue weighted by Gasteiger charge is -2.34. The number of fused-ring (bicyclic) bond motifs is 10. The van der Waals surface area contributed by atoms with Gasteiger partial charge in [0.15, 0.2) is 0 Å². The minimum atomic E-state index is -0.493. The third kappa shape index (κ3) is 4.33. The molecule has 0 spiro atoms. The van der Waals surface area contributed by atoms with Crippen molar-refractivity contribution >= 4 is 60.2 Å². The zero-order valence-electron chi connectivity index (χ0n) is 29.7. The van der Waals surface area contributed by atoms with Gasteiger partial charge in [0.25, 0.3) is 0 Å².